The highest BCUT2D eigenvalue weighted by Crippen LogP contribution is 2.31. The maximum absolute atomic E-state index is 12.8. The van der Waals surface area contributed by atoms with Gasteiger partial charge in [0.15, 0.2) is 15.9 Å². The molecule has 5 rings (SSSR count). The van der Waals surface area contributed by atoms with Gasteiger partial charge in [-0.2, -0.15) is 0 Å². The zero-order chi connectivity index (χ0) is 20.7. The number of ether oxygens (including phenoxy) is 1. The van der Waals surface area contributed by atoms with Crippen LogP contribution in [0.15, 0.2) is 59.8 Å². The quantitative estimate of drug-likeness (QED) is 0.406. The van der Waals surface area contributed by atoms with E-state index in [-0.39, 0.29) is 11.2 Å². The molecule has 1 atom stereocenters. The fourth-order valence-corrected chi connectivity index (χ4v) is 4.96. The third kappa shape index (κ3) is 3.35. The first kappa shape index (κ1) is 18.8. The summed E-state index contributed by atoms with van der Waals surface area (Å²) < 4.78 is 8.19. The van der Waals surface area contributed by atoms with Crippen molar-refractivity contribution in [1.82, 2.24) is 19.6 Å². The van der Waals surface area contributed by atoms with E-state index >= 15 is 0 Å². The highest BCUT2D eigenvalue weighted by molar-refractivity contribution is 8.00. The number of hydrogen-bond acceptors (Lipinski definition) is 7. The number of amides is 1. The minimum Gasteiger partial charge on any atom is -0.497 e. The van der Waals surface area contributed by atoms with Gasteiger partial charge in [-0.15, -0.1) is 10.2 Å². The Morgan fingerprint density at radius 2 is 2.03 bits per heavy atom. The molecule has 0 bridgehead atoms. The lowest BCUT2D eigenvalue weighted by atomic mass is 10.2. The second-order valence-corrected chi connectivity index (χ2v) is 9.01. The monoisotopic (exact) mass is 435 g/mol. The van der Waals surface area contributed by atoms with E-state index in [0.717, 1.165) is 32.5 Å². The molecule has 150 valence electrons. The van der Waals surface area contributed by atoms with Crippen molar-refractivity contribution in [3.8, 4) is 5.75 Å². The number of rotatable bonds is 5. The molecule has 1 N–H and O–H groups in total. The van der Waals surface area contributed by atoms with Crippen molar-refractivity contribution in [2.75, 3.05) is 12.4 Å². The van der Waals surface area contributed by atoms with Gasteiger partial charge >= 0.3 is 0 Å². The molecule has 0 fully saturated rings. The van der Waals surface area contributed by atoms with Gasteiger partial charge < -0.3 is 10.1 Å². The summed E-state index contributed by atoms with van der Waals surface area (Å²) in [6.45, 7) is 1.85. The Kier molecular flexibility index (Phi) is 4.76. The zero-order valence-electron chi connectivity index (χ0n) is 16.2. The fourth-order valence-electron chi connectivity index (χ4n) is 3.19. The maximum Gasteiger partial charge on any atom is 0.239 e. The molecule has 0 aliphatic heterocycles. The molecule has 30 heavy (non-hydrogen) atoms. The van der Waals surface area contributed by atoms with Crippen LogP contribution in [0.2, 0.25) is 0 Å². The number of nitrogens with one attached hydrogen (secondary N) is 1. The molecular formula is C21H17N5O2S2. The van der Waals surface area contributed by atoms with Crippen LogP contribution in [-0.2, 0) is 4.79 Å². The molecule has 0 spiro atoms. The van der Waals surface area contributed by atoms with E-state index < -0.39 is 0 Å². The number of fused-ring (bicyclic) bond motifs is 4. The van der Waals surface area contributed by atoms with Crippen LogP contribution in [0.4, 0.5) is 5.13 Å². The van der Waals surface area contributed by atoms with E-state index in [1.165, 1.54) is 23.1 Å². The summed E-state index contributed by atoms with van der Waals surface area (Å²) >= 11 is 2.79. The van der Waals surface area contributed by atoms with Gasteiger partial charge in [-0.25, -0.2) is 4.98 Å². The Labute approximate surface area is 180 Å². The zero-order valence-corrected chi connectivity index (χ0v) is 17.8. The number of carbonyl (C=O) groups is 1. The number of thioether (sulfide) groups is 1. The van der Waals surface area contributed by atoms with Crippen LogP contribution in [0.3, 0.4) is 0 Å². The number of methoxy groups -OCH3 is 1. The predicted octanol–water partition coefficient (Wildman–Crippen LogP) is 4.62. The van der Waals surface area contributed by atoms with Gasteiger partial charge in [0.05, 0.1) is 28.1 Å². The first-order chi connectivity index (χ1) is 14.6. The molecule has 1 amide bonds. The summed E-state index contributed by atoms with van der Waals surface area (Å²) in [6, 6.07) is 17.6. The van der Waals surface area contributed by atoms with Crippen molar-refractivity contribution in [2.45, 2.75) is 17.3 Å². The van der Waals surface area contributed by atoms with Crippen molar-refractivity contribution in [3.05, 3.63) is 54.6 Å². The van der Waals surface area contributed by atoms with E-state index in [1.54, 1.807) is 7.11 Å². The molecular weight excluding hydrogens is 418 g/mol. The van der Waals surface area contributed by atoms with Gasteiger partial charge in [-0.3, -0.25) is 9.20 Å². The van der Waals surface area contributed by atoms with Crippen molar-refractivity contribution >= 4 is 60.9 Å². The van der Waals surface area contributed by atoms with E-state index in [2.05, 4.69) is 20.5 Å². The molecule has 3 aromatic heterocycles. The van der Waals surface area contributed by atoms with Crippen LogP contribution >= 0.6 is 23.1 Å². The van der Waals surface area contributed by atoms with Crippen molar-refractivity contribution < 1.29 is 9.53 Å². The standard InChI is InChI=1S/C21H17N5O2S2/c1-12(19(27)23-20-22-15-9-8-14(28-2)11-17(15)30-20)29-21-25-24-18-10-7-13-5-3-4-6-16(13)26(18)21/h3-12H,1-2H3,(H,22,23,27). The fraction of sp³-hybridized carbons (Fsp3) is 0.143. The Morgan fingerprint density at radius 3 is 2.90 bits per heavy atom. The van der Waals surface area contributed by atoms with Crippen LogP contribution < -0.4 is 10.1 Å². The number of pyridine rings is 1. The topological polar surface area (TPSA) is 81.4 Å². The molecule has 7 nitrogen and oxygen atoms in total. The van der Waals surface area contributed by atoms with Gasteiger partial charge in [0, 0.05) is 0 Å². The first-order valence-corrected chi connectivity index (χ1v) is 11.0. The number of aromatic nitrogens is 4. The number of anilines is 1. The van der Waals surface area contributed by atoms with E-state index in [1.807, 2.05) is 65.9 Å². The smallest absolute Gasteiger partial charge is 0.239 e. The van der Waals surface area contributed by atoms with Crippen LogP contribution in [0.25, 0.3) is 26.8 Å². The van der Waals surface area contributed by atoms with Crippen LogP contribution in [0, 0.1) is 0 Å². The molecule has 0 aliphatic rings. The SMILES string of the molecule is COc1ccc2nc(NC(=O)C(C)Sc3nnc4ccc5ccccc5n34)sc2c1. The Balaban J connectivity index is 1.38. The van der Waals surface area contributed by atoms with E-state index in [0.29, 0.717) is 10.3 Å². The van der Waals surface area contributed by atoms with Crippen LogP contribution in [-0.4, -0.2) is 37.8 Å². The molecule has 0 saturated heterocycles. The molecule has 0 aliphatic carbocycles. The van der Waals surface area contributed by atoms with E-state index in [9.17, 15) is 4.79 Å². The van der Waals surface area contributed by atoms with Crippen molar-refractivity contribution in [2.24, 2.45) is 0 Å². The summed E-state index contributed by atoms with van der Waals surface area (Å²) in [5.41, 5.74) is 2.59. The number of thiazole rings is 1. The van der Waals surface area contributed by atoms with E-state index in [4.69, 9.17) is 4.74 Å². The summed E-state index contributed by atoms with van der Waals surface area (Å²) in [7, 11) is 1.63. The van der Waals surface area contributed by atoms with Gasteiger partial charge in [0.25, 0.3) is 0 Å². The molecule has 0 radical (unpaired) electrons. The number of para-hydroxylation sites is 1. The summed E-state index contributed by atoms with van der Waals surface area (Å²) in [4.78, 5) is 17.3. The second kappa shape index (κ2) is 7.58. The first-order valence-electron chi connectivity index (χ1n) is 9.27. The number of hydrogen-bond donors (Lipinski definition) is 1. The van der Waals surface area contributed by atoms with Crippen molar-refractivity contribution in [1.29, 1.82) is 0 Å². The molecule has 1 unspecified atom stereocenters. The molecule has 0 saturated carbocycles. The molecule has 2 aromatic carbocycles. The van der Waals surface area contributed by atoms with Crippen molar-refractivity contribution in [3.63, 3.8) is 0 Å². The number of carbonyl (C=O) groups excluding carboxylic acids is 1. The highest BCUT2D eigenvalue weighted by atomic mass is 32.2. The van der Waals surface area contributed by atoms with Gasteiger partial charge in [-0.1, -0.05) is 41.3 Å². The molecule has 3 heterocycles. The second-order valence-electron chi connectivity index (χ2n) is 6.67. The highest BCUT2D eigenvalue weighted by Gasteiger charge is 2.20. The van der Waals surface area contributed by atoms with Crippen LogP contribution in [0.5, 0.6) is 5.75 Å². The number of benzene rings is 2. The third-order valence-corrected chi connectivity index (χ3v) is 6.70. The average Bonchev–Trinajstić information content (AvgIpc) is 3.36. The lowest BCUT2D eigenvalue weighted by Crippen LogP contribution is -2.22. The minimum atomic E-state index is -0.377. The third-order valence-electron chi connectivity index (χ3n) is 4.73. The lowest BCUT2D eigenvalue weighted by Gasteiger charge is -2.10. The Morgan fingerprint density at radius 1 is 1.17 bits per heavy atom. The largest absolute Gasteiger partial charge is 0.497 e. The number of nitrogens with zero attached hydrogens (tertiary/aromatic N) is 4. The Bertz CT molecular complexity index is 1390. The van der Waals surface area contributed by atoms with Gasteiger partial charge in [-0.05, 0) is 48.7 Å². The van der Waals surface area contributed by atoms with Gasteiger partial charge in [0.2, 0.25) is 5.91 Å². The maximum atomic E-state index is 12.8. The van der Waals surface area contributed by atoms with Crippen LogP contribution in [0.1, 0.15) is 6.92 Å². The predicted molar refractivity (Wildman–Crippen MR) is 121 cm³/mol. The summed E-state index contributed by atoms with van der Waals surface area (Å²) in [6.07, 6.45) is 0. The lowest BCUT2D eigenvalue weighted by molar-refractivity contribution is -0.115. The summed E-state index contributed by atoms with van der Waals surface area (Å²) in [5, 5.41) is 13.4. The van der Waals surface area contributed by atoms with Gasteiger partial charge in [0.1, 0.15) is 5.75 Å². The normalized spacial score (nSPS) is 12.5. The molecule has 5 aromatic rings. The molecule has 9 heteroatoms. The minimum absolute atomic E-state index is 0.136. The Hall–Kier alpha value is -3.17. The average molecular weight is 436 g/mol. The summed E-state index contributed by atoms with van der Waals surface area (Å²) in [5.74, 6) is 0.627.